The molecule has 3 aromatic carbocycles. The third kappa shape index (κ3) is 7.25. The Morgan fingerprint density at radius 3 is 1.76 bits per heavy atom. The van der Waals surface area contributed by atoms with Gasteiger partial charge in [-0.3, -0.25) is 24.1 Å². The van der Waals surface area contributed by atoms with Crippen LogP contribution in [-0.2, 0) is 14.4 Å². The number of hydrogen-bond donors (Lipinski definition) is 1. The summed E-state index contributed by atoms with van der Waals surface area (Å²) in [5, 5.41) is 3.58. The summed E-state index contributed by atoms with van der Waals surface area (Å²) >= 11 is 0. The molecule has 0 atom stereocenters. The number of carbonyl (C=O) groups is 3. The molecular formula is C41H29N7O3. The number of anilines is 2. The molecule has 0 spiro atoms. The first-order valence-electron chi connectivity index (χ1n) is 16.0. The van der Waals surface area contributed by atoms with Crippen LogP contribution in [-0.4, -0.2) is 42.1 Å². The number of hydrogen-bond acceptors (Lipinski definition) is 7. The highest BCUT2D eigenvalue weighted by Crippen LogP contribution is 2.35. The van der Waals surface area contributed by atoms with Crippen LogP contribution in [0.4, 0.5) is 11.9 Å². The topological polar surface area (TPSA) is 122 Å². The SMILES string of the molecule is O=C(C=Cc1ccccc1)Nc1nccc2c(-c3ccnc(N(C(=O)/C=C/c4ccccc4)C(=O)/C=C/c4ccccc4)n3)c3cccnc3n12. The third-order valence-electron chi connectivity index (χ3n) is 7.84. The summed E-state index contributed by atoms with van der Waals surface area (Å²) in [5.41, 5.74) is 4.71. The van der Waals surface area contributed by atoms with Crippen molar-refractivity contribution in [3.63, 3.8) is 0 Å². The monoisotopic (exact) mass is 667 g/mol. The van der Waals surface area contributed by atoms with Gasteiger partial charge in [0.2, 0.25) is 11.9 Å². The number of pyridine rings is 1. The fraction of sp³-hybridized carbons (Fsp3) is 0. The second-order valence-electron chi connectivity index (χ2n) is 11.2. The molecule has 0 aliphatic rings. The van der Waals surface area contributed by atoms with Crippen molar-refractivity contribution in [2.45, 2.75) is 0 Å². The lowest BCUT2D eigenvalue weighted by Gasteiger charge is -2.16. The molecule has 4 heterocycles. The van der Waals surface area contributed by atoms with Crippen molar-refractivity contribution in [2.75, 3.05) is 10.2 Å². The van der Waals surface area contributed by atoms with E-state index in [2.05, 4.69) is 20.3 Å². The maximum Gasteiger partial charge on any atom is 0.260 e. The van der Waals surface area contributed by atoms with E-state index in [0.717, 1.165) is 21.6 Å². The van der Waals surface area contributed by atoms with Crippen LogP contribution in [0.5, 0.6) is 0 Å². The molecule has 246 valence electrons. The Morgan fingerprint density at radius 2 is 1.16 bits per heavy atom. The molecule has 1 N–H and O–H groups in total. The van der Waals surface area contributed by atoms with Crippen LogP contribution in [0.3, 0.4) is 0 Å². The number of imide groups is 1. The lowest BCUT2D eigenvalue weighted by Crippen LogP contribution is -2.36. The van der Waals surface area contributed by atoms with Crippen LogP contribution in [0.2, 0.25) is 0 Å². The van der Waals surface area contributed by atoms with Crippen molar-refractivity contribution >= 4 is 64.4 Å². The van der Waals surface area contributed by atoms with Crippen LogP contribution < -0.4 is 10.2 Å². The molecule has 0 aliphatic carbocycles. The van der Waals surface area contributed by atoms with Crippen molar-refractivity contribution in [1.29, 1.82) is 0 Å². The molecule has 0 aliphatic heterocycles. The lowest BCUT2D eigenvalue weighted by atomic mass is 10.1. The highest BCUT2D eigenvalue weighted by Gasteiger charge is 2.25. The first-order chi connectivity index (χ1) is 25.0. The van der Waals surface area contributed by atoms with Gasteiger partial charge in [0, 0.05) is 47.8 Å². The van der Waals surface area contributed by atoms with Gasteiger partial charge in [-0.1, -0.05) is 91.0 Å². The normalized spacial score (nSPS) is 11.5. The van der Waals surface area contributed by atoms with Gasteiger partial charge in [0.25, 0.3) is 17.7 Å². The van der Waals surface area contributed by atoms with Crippen molar-refractivity contribution in [3.8, 4) is 11.3 Å². The predicted octanol–water partition coefficient (Wildman–Crippen LogP) is 7.28. The number of aromatic nitrogens is 5. The van der Waals surface area contributed by atoms with Crippen LogP contribution >= 0.6 is 0 Å². The van der Waals surface area contributed by atoms with Gasteiger partial charge >= 0.3 is 0 Å². The molecule has 0 bridgehead atoms. The molecule has 7 aromatic rings. The number of amides is 3. The van der Waals surface area contributed by atoms with Crippen molar-refractivity contribution in [3.05, 3.63) is 169 Å². The standard InChI is InChI=1S/C41H29N7O3/c49-35(21-18-29-11-4-1-5-12-29)46-41-44-28-25-34-38(32-17-10-26-42-39(32)47(34)41)33-24-27-43-40(45-33)48(36(50)22-19-30-13-6-2-7-14-30)37(51)23-20-31-15-8-3-9-16-31/h1-28H,(H,44,46,49)/b21-18?,22-19+,23-20+. The van der Waals surface area contributed by atoms with Gasteiger partial charge in [-0.05, 0) is 59.2 Å². The fourth-order valence-electron chi connectivity index (χ4n) is 5.50. The van der Waals surface area contributed by atoms with E-state index in [0.29, 0.717) is 27.8 Å². The Balaban J connectivity index is 1.28. The van der Waals surface area contributed by atoms with Crippen molar-refractivity contribution < 1.29 is 14.4 Å². The number of benzene rings is 3. The molecule has 0 unspecified atom stereocenters. The Morgan fingerprint density at radius 1 is 0.588 bits per heavy atom. The molecule has 3 amide bonds. The van der Waals surface area contributed by atoms with Crippen LogP contribution in [0.15, 0.2) is 152 Å². The molecule has 0 saturated heterocycles. The van der Waals surface area contributed by atoms with Gasteiger partial charge < -0.3 is 0 Å². The van der Waals surface area contributed by atoms with E-state index < -0.39 is 11.8 Å². The molecule has 10 nitrogen and oxygen atoms in total. The third-order valence-corrected chi connectivity index (χ3v) is 7.84. The number of rotatable bonds is 9. The number of fused-ring (bicyclic) bond motifs is 3. The minimum atomic E-state index is -0.621. The van der Waals surface area contributed by atoms with Gasteiger partial charge in [0.1, 0.15) is 5.65 Å². The first kappa shape index (κ1) is 32.2. The van der Waals surface area contributed by atoms with Gasteiger partial charge in [0.05, 0.1) is 11.2 Å². The van der Waals surface area contributed by atoms with Crippen LogP contribution in [0.25, 0.3) is 46.0 Å². The van der Waals surface area contributed by atoms with Crippen LogP contribution in [0, 0.1) is 0 Å². The second kappa shape index (κ2) is 14.8. The molecule has 51 heavy (non-hydrogen) atoms. The van der Waals surface area contributed by atoms with Crippen molar-refractivity contribution in [2.24, 2.45) is 0 Å². The summed E-state index contributed by atoms with van der Waals surface area (Å²) in [4.78, 5) is 59.6. The molecule has 7 rings (SSSR count). The quantitative estimate of drug-likeness (QED) is 0.161. The van der Waals surface area contributed by atoms with Gasteiger partial charge in [-0.25, -0.2) is 24.8 Å². The highest BCUT2D eigenvalue weighted by molar-refractivity contribution is 6.22. The lowest BCUT2D eigenvalue weighted by molar-refractivity contribution is -0.121. The van der Waals surface area contributed by atoms with Crippen LogP contribution in [0.1, 0.15) is 16.7 Å². The average molecular weight is 668 g/mol. The Kier molecular flexibility index (Phi) is 9.37. The molecular weight excluding hydrogens is 638 g/mol. The van der Waals surface area contributed by atoms with E-state index in [1.165, 1.54) is 24.4 Å². The summed E-state index contributed by atoms with van der Waals surface area (Å²) in [6.45, 7) is 0. The summed E-state index contributed by atoms with van der Waals surface area (Å²) < 4.78 is 1.74. The minimum Gasteiger partial charge on any atom is -0.292 e. The smallest absolute Gasteiger partial charge is 0.260 e. The molecule has 10 heteroatoms. The average Bonchev–Trinajstić information content (AvgIpc) is 3.52. The first-order valence-corrected chi connectivity index (χ1v) is 16.0. The van der Waals surface area contributed by atoms with E-state index in [1.54, 1.807) is 53.2 Å². The molecule has 4 aromatic heterocycles. The predicted molar refractivity (Wildman–Crippen MR) is 199 cm³/mol. The maximum absolute atomic E-state index is 13.7. The zero-order valence-corrected chi connectivity index (χ0v) is 27.1. The minimum absolute atomic E-state index is 0.108. The second-order valence-corrected chi connectivity index (χ2v) is 11.2. The largest absolute Gasteiger partial charge is 0.292 e. The highest BCUT2D eigenvalue weighted by atomic mass is 16.2. The van der Waals surface area contributed by atoms with Gasteiger partial charge in [-0.2, -0.15) is 0 Å². The molecule has 0 radical (unpaired) electrons. The summed E-state index contributed by atoms with van der Waals surface area (Å²) in [6.07, 6.45) is 13.8. The number of nitrogens with zero attached hydrogens (tertiary/aromatic N) is 6. The Labute approximate surface area is 292 Å². The summed E-state index contributed by atoms with van der Waals surface area (Å²) in [7, 11) is 0. The molecule has 0 saturated carbocycles. The van der Waals surface area contributed by atoms with Gasteiger partial charge in [-0.15, -0.1) is 0 Å². The molecule has 0 fully saturated rings. The van der Waals surface area contributed by atoms with Crippen molar-refractivity contribution in [1.82, 2.24) is 24.3 Å². The maximum atomic E-state index is 13.7. The Hall–Kier alpha value is -7.33. The Bertz CT molecular complexity index is 2390. The number of nitrogens with one attached hydrogen (secondary N) is 1. The van der Waals surface area contributed by atoms with E-state index in [4.69, 9.17) is 4.98 Å². The number of carbonyl (C=O) groups excluding carboxylic acids is 3. The van der Waals surface area contributed by atoms with E-state index >= 15 is 0 Å². The fourth-order valence-corrected chi connectivity index (χ4v) is 5.50. The van der Waals surface area contributed by atoms with Gasteiger partial charge in [0.15, 0.2) is 0 Å². The summed E-state index contributed by atoms with van der Waals surface area (Å²) in [6, 6.07) is 35.2. The van der Waals surface area contributed by atoms with E-state index in [-0.39, 0.29) is 17.8 Å². The van der Waals surface area contributed by atoms with E-state index in [1.807, 2.05) is 97.1 Å². The zero-order valence-electron chi connectivity index (χ0n) is 27.1. The van der Waals surface area contributed by atoms with E-state index in [9.17, 15) is 14.4 Å². The summed E-state index contributed by atoms with van der Waals surface area (Å²) in [5.74, 6) is -1.47. The zero-order chi connectivity index (χ0) is 35.0.